The van der Waals surface area contributed by atoms with Gasteiger partial charge < -0.3 is 15.1 Å². The Balaban J connectivity index is 0.000000299. The minimum atomic E-state index is -0.161. The van der Waals surface area contributed by atoms with Gasteiger partial charge in [0.2, 0.25) is 0 Å². The monoisotopic (exact) mass is 588 g/mol. The third-order valence-electron chi connectivity index (χ3n) is 5.43. The number of carbonyl (C=O) groups excluding carboxylic acids is 1. The van der Waals surface area contributed by atoms with Gasteiger partial charge in [-0.25, -0.2) is 0 Å². The van der Waals surface area contributed by atoms with Gasteiger partial charge in [0, 0.05) is 32.4 Å². The van der Waals surface area contributed by atoms with Crippen LogP contribution in [0.3, 0.4) is 0 Å². The third kappa shape index (κ3) is 4.04. The molecule has 1 aliphatic carbocycles. The number of hydrogen-bond acceptors (Lipinski definition) is 4. The molecule has 0 unspecified atom stereocenters. The number of nitrogens with zero attached hydrogens (tertiary/aromatic N) is 2. The number of ketones is 1. The number of carbonyl (C=O) groups is 1. The third-order valence-corrected chi connectivity index (χ3v) is 5.43. The maximum absolute atomic E-state index is 10.0. The predicted molar refractivity (Wildman–Crippen MR) is 121 cm³/mol. The number of allylic oxidation sites excluding steroid dienone is 2. The average Bonchev–Trinajstić information content (AvgIpc) is 2.71. The zero-order valence-electron chi connectivity index (χ0n) is 17.9. The fourth-order valence-electron chi connectivity index (χ4n) is 4.18. The first-order valence-corrected chi connectivity index (χ1v) is 9.87. The minimum Gasteiger partial charge on any atom is -0.512 e. The Bertz CT molecular complexity index is 1320. The summed E-state index contributed by atoms with van der Waals surface area (Å²) in [5, 5.41) is 13.4. The predicted octanol–water partition coefficient (Wildman–Crippen LogP) is 5.92. The Kier molecular flexibility index (Phi) is 6.40. The zero-order chi connectivity index (χ0) is 21.5. The molecule has 0 spiro atoms. The number of aromatic nitrogens is 2. The average molecular weight is 588 g/mol. The van der Waals surface area contributed by atoms with Crippen LogP contribution in [0.1, 0.15) is 39.0 Å². The second-order valence-corrected chi connectivity index (χ2v) is 8.06. The molecule has 0 bridgehead atoms. The van der Waals surface area contributed by atoms with E-state index >= 15 is 0 Å². The molecule has 5 heteroatoms. The summed E-state index contributed by atoms with van der Waals surface area (Å²) in [6.07, 6.45) is 4.89. The fourth-order valence-corrected chi connectivity index (χ4v) is 4.18. The largest absolute Gasteiger partial charge is 0.512 e. The van der Waals surface area contributed by atoms with E-state index in [0.29, 0.717) is 0 Å². The summed E-state index contributed by atoms with van der Waals surface area (Å²) in [6.45, 7) is 7.33. The molecule has 2 heterocycles. The van der Waals surface area contributed by atoms with Crippen LogP contribution in [0.15, 0.2) is 66.7 Å². The number of aliphatic hydroxyl groups excluding tert-OH is 1. The van der Waals surface area contributed by atoms with Crippen molar-refractivity contribution in [3.63, 3.8) is 0 Å². The molecule has 5 rings (SSSR count). The molecule has 1 aliphatic rings. The van der Waals surface area contributed by atoms with Crippen LogP contribution in [-0.4, -0.2) is 20.9 Å². The van der Waals surface area contributed by atoms with Gasteiger partial charge in [0.15, 0.2) is 5.78 Å². The SMILES string of the molecule is CC(=O)/C=C(/C)O.CC1(C)c2ncc[c-]c2-c2nccc3c2c1cc1ccccc13.[Ir]. The quantitative estimate of drug-likeness (QED) is 0.130. The van der Waals surface area contributed by atoms with E-state index in [1.807, 2.05) is 18.5 Å². The van der Waals surface area contributed by atoms with E-state index in [0.717, 1.165) is 17.0 Å². The zero-order valence-corrected chi connectivity index (χ0v) is 20.3. The minimum absolute atomic E-state index is 0. The molecule has 4 aromatic rings. The molecule has 2 aromatic carbocycles. The second-order valence-electron chi connectivity index (χ2n) is 8.06. The van der Waals surface area contributed by atoms with Crippen molar-refractivity contribution in [2.45, 2.75) is 33.1 Å². The molecule has 0 aliphatic heterocycles. The van der Waals surface area contributed by atoms with Gasteiger partial charge in [-0.05, 0) is 63.8 Å². The molecule has 4 nitrogen and oxygen atoms in total. The molecule has 31 heavy (non-hydrogen) atoms. The molecule has 2 aromatic heterocycles. The smallest absolute Gasteiger partial charge is 0.155 e. The van der Waals surface area contributed by atoms with Gasteiger partial charge in [-0.1, -0.05) is 50.4 Å². The van der Waals surface area contributed by atoms with E-state index in [4.69, 9.17) is 5.11 Å². The first-order chi connectivity index (χ1) is 14.3. The number of aliphatic hydroxyl groups is 1. The Hall–Kier alpha value is -2.88. The molecule has 0 fully saturated rings. The summed E-state index contributed by atoms with van der Waals surface area (Å²) >= 11 is 0. The Morgan fingerprint density at radius 1 is 1.06 bits per heavy atom. The van der Waals surface area contributed by atoms with Gasteiger partial charge in [0.05, 0.1) is 5.76 Å². The summed E-state index contributed by atoms with van der Waals surface area (Å²) < 4.78 is 0. The first kappa shape index (κ1) is 22.8. The number of pyridine rings is 2. The van der Waals surface area contributed by atoms with Crippen LogP contribution >= 0.6 is 0 Å². The standard InChI is InChI=1S/C21H15N2.C5H8O2.Ir/c1-21(2)17-12-13-6-3-4-7-14(13)15-9-11-22-19(18(15)17)16-8-5-10-23-20(16)21;1-4(6)3-5(2)7;/h3-7,9-12H,1-2H3;3,6H,1-2H3;/q-1;;/b;4-3-;. The van der Waals surface area contributed by atoms with E-state index in [-0.39, 0.29) is 37.1 Å². The first-order valence-electron chi connectivity index (χ1n) is 9.87. The summed E-state index contributed by atoms with van der Waals surface area (Å²) in [4.78, 5) is 19.4. The van der Waals surface area contributed by atoms with Gasteiger partial charge in [-0.2, -0.15) is 0 Å². The number of rotatable bonds is 1. The Morgan fingerprint density at radius 3 is 2.48 bits per heavy atom. The van der Waals surface area contributed by atoms with Gasteiger partial charge >= 0.3 is 0 Å². The van der Waals surface area contributed by atoms with E-state index in [9.17, 15) is 4.79 Å². The molecule has 1 N–H and O–H groups in total. The van der Waals surface area contributed by atoms with Crippen molar-refractivity contribution in [2.75, 3.05) is 0 Å². The molecule has 0 amide bonds. The number of benzene rings is 2. The van der Waals surface area contributed by atoms with Crippen molar-refractivity contribution in [2.24, 2.45) is 0 Å². The molecule has 159 valence electrons. The van der Waals surface area contributed by atoms with Crippen LogP contribution in [-0.2, 0) is 30.3 Å². The van der Waals surface area contributed by atoms with Gasteiger partial charge in [-0.3, -0.25) is 4.79 Å². The molecular formula is C26H23IrN2O2-. The number of hydrogen-bond donors (Lipinski definition) is 1. The van der Waals surface area contributed by atoms with Crippen LogP contribution < -0.4 is 0 Å². The van der Waals surface area contributed by atoms with Gasteiger partial charge in [-0.15, -0.1) is 17.7 Å². The molecular weight excluding hydrogens is 565 g/mol. The molecule has 0 saturated heterocycles. The summed E-state index contributed by atoms with van der Waals surface area (Å²) in [5.41, 5.74) is 4.24. The topological polar surface area (TPSA) is 63.1 Å². The Morgan fingerprint density at radius 2 is 1.81 bits per heavy atom. The summed E-state index contributed by atoms with van der Waals surface area (Å²) in [7, 11) is 0. The molecule has 0 saturated carbocycles. The summed E-state index contributed by atoms with van der Waals surface area (Å²) in [5.74, 6) is -0.0625. The van der Waals surface area contributed by atoms with E-state index in [1.165, 1.54) is 47.0 Å². The summed E-state index contributed by atoms with van der Waals surface area (Å²) in [6, 6.07) is 18.2. The van der Waals surface area contributed by atoms with Crippen molar-refractivity contribution < 1.29 is 30.0 Å². The second kappa shape index (κ2) is 8.70. The van der Waals surface area contributed by atoms with Crippen molar-refractivity contribution in [3.05, 3.63) is 84.0 Å². The molecule has 1 radical (unpaired) electrons. The van der Waals surface area contributed by atoms with Crippen molar-refractivity contribution in [3.8, 4) is 11.3 Å². The van der Waals surface area contributed by atoms with Crippen molar-refractivity contribution in [1.82, 2.24) is 9.97 Å². The Labute approximate surface area is 195 Å². The van der Waals surface area contributed by atoms with E-state index in [2.05, 4.69) is 66.3 Å². The maximum atomic E-state index is 10.0. The van der Waals surface area contributed by atoms with Crippen LogP contribution in [0, 0.1) is 6.07 Å². The van der Waals surface area contributed by atoms with E-state index < -0.39 is 0 Å². The van der Waals surface area contributed by atoms with E-state index in [1.54, 1.807) is 0 Å². The number of fused-ring (bicyclic) bond motifs is 4. The van der Waals surface area contributed by atoms with Crippen LogP contribution in [0.25, 0.3) is 32.8 Å². The fraction of sp³-hybridized carbons (Fsp3) is 0.192. The van der Waals surface area contributed by atoms with Crippen LogP contribution in [0.4, 0.5) is 0 Å². The van der Waals surface area contributed by atoms with Crippen LogP contribution in [0.2, 0.25) is 0 Å². The van der Waals surface area contributed by atoms with Gasteiger partial charge in [0.1, 0.15) is 0 Å². The normalized spacial score (nSPS) is 13.6. The van der Waals surface area contributed by atoms with Crippen molar-refractivity contribution in [1.29, 1.82) is 0 Å². The maximum Gasteiger partial charge on any atom is 0.155 e. The molecule has 0 atom stereocenters. The van der Waals surface area contributed by atoms with Gasteiger partial charge in [0.25, 0.3) is 0 Å². The van der Waals surface area contributed by atoms with Crippen LogP contribution in [0.5, 0.6) is 0 Å². The van der Waals surface area contributed by atoms with Crippen molar-refractivity contribution >= 4 is 27.3 Å².